The zero-order valence-corrected chi connectivity index (χ0v) is 16.5. The van der Waals surface area contributed by atoms with Gasteiger partial charge in [0, 0.05) is 17.7 Å². The summed E-state index contributed by atoms with van der Waals surface area (Å²) in [5.41, 5.74) is 8.68. The fraction of sp³-hybridized carbons (Fsp3) is 0.421. The Morgan fingerprint density at radius 1 is 1.25 bits per heavy atom. The maximum Gasteiger partial charge on any atom is 0.318 e. The van der Waals surface area contributed by atoms with E-state index in [2.05, 4.69) is 15.3 Å². The van der Waals surface area contributed by atoms with Crippen molar-refractivity contribution in [3.8, 4) is 22.8 Å². The first kappa shape index (κ1) is 18.6. The van der Waals surface area contributed by atoms with Gasteiger partial charge in [0.1, 0.15) is 11.5 Å². The molecular formula is C19H22ClN5O3. The van der Waals surface area contributed by atoms with Gasteiger partial charge in [-0.2, -0.15) is 0 Å². The first-order chi connectivity index (χ1) is 13.5. The summed E-state index contributed by atoms with van der Waals surface area (Å²) in [6, 6.07) is 3.60. The van der Waals surface area contributed by atoms with E-state index in [0.717, 1.165) is 30.5 Å². The number of benzene rings is 1. The minimum atomic E-state index is -0.0972. The minimum Gasteiger partial charge on any atom is -0.497 e. The Balaban J connectivity index is 1.71. The second-order valence-corrected chi connectivity index (χ2v) is 7.38. The topological polar surface area (TPSA) is 103 Å². The van der Waals surface area contributed by atoms with E-state index in [1.54, 1.807) is 31.3 Å². The number of carbonyl (C=O) groups is 1. The van der Waals surface area contributed by atoms with Gasteiger partial charge in [-0.05, 0) is 25.3 Å². The Labute approximate surface area is 168 Å². The molecule has 2 aromatic rings. The van der Waals surface area contributed by atoms with Crippen molar-refractivity contribution in [1.82, 2.24) is 20.2 Å². The molecule has 9 heteroatoms. The lowest BCUT2D eigenvalue weighted by Crippen LogP contribution is -2.45. The maximum absolute atomic E-state index is 12.6. The summed E-state index contributed by atoms with van der Waals surface area (Å²) in [4.78, 5) is 23.1. The average Bonchev–Trinajstić information content (AvgIpc) is 3.07. The van der Waals surface area contributed by atoms with Crippen molar-refractivity contribution in [2.45, 2.75) is 38.4 Å². The van der Waals surface area contributed by atoms with E-state index in [9.17, 15) is 4.79 Å². The van der Waals surface area contributed by atoms with E-state index in [1.165, 1.54) is 0 Å². The number of anilines is 1. The standard InChI is InChI=1S/C19H22ClN5O3/c1-27-11-6-13(20)16(15(7-11)28-2)17-12-8-25(9-14(12)23-18(21)24-17)19(26)22-10-4-3-5-10/h6-7,10H,3-5,8-9H2,1-2H3,(H,22,26)(H2,21,23,24). The van der Waals surface area contributed by atoms with Crippen LogP contribution in [0, 0.1) is 0 Å². The van der Waals surface area contributed by atoms with Gasteiger partial charge in [0.15, 0.2) is 0 Å². The summed E-state index contributed by atoms with van der Waals surface area (Å²) in [6.07, 6.45) is 3.22. The van der Waals surface area contributed by atoms with Crippen molar-refractivity contribution in [2.24, 2.45) is 0 Å². The van der Waals surface area contributed by atoms with Crippen LogP contribution in [0.5, 0.6) is 11.5 Å². The predicted molar refractivity (Wildman–Crippen MR) is 105 cm³/mol. The number of hydrogen-bond acceptors (Lipinski definition) is 6. The van der Waals surface area contributed by atoms with Crippen LogP contribution in [0.3, 0.4) is 0 Å². The summed E-state index contributed by atoms with van der Waals surface area (Å²) >= 11 is 6.52. The molecule has 0 radical (unpaired) electrons. The number of methoxy groups -OCH3 is 2. The van der Waals surface area contributed by atoms with Gasteiger partial charge >= 0.3 is 6.03 Å². The number of urea groups is 1. The Morgan fingerprint density at radius 2 is 2.04 bits per heavy atom. The molecule has 1 aromatic heterocycles. The molecule has 8 nitrogen and oxygen atoms in total. The lowest BCUT2D eigenvalue weighted by atomic mass is 9.93. The Morgan fingerprint density at radius 3 is 2.68 bits per heavy atom. The fourth-order valence-corrected chi connectivity index (χ4v) is 3.80. The molecule has 3 N–H and O–H groups in total. The number of carbonyl (C=O) groups excluding carboxylic acids is 1. The average molecular weight is 404 g/mol. The molecule has 1 aromatic carbocycles. The molecule has 2 amide bonds. The van der Waals surface area contributed by atoms with Crippen LogP contribution in [-0.2, 0) is 13.1 Å². The number of aromatic nitrogens is 2. The van der Waals surface area contributed by atoms with Gasteiger partial charge in [-0.15, -0.1) is 0 Å². The molecule has 148 valence electrons. The van der Waals surface area contributed by atoms with Crippen LogP contribution in [0.2, 0.25) is 5.02 Å². The lowest BCUT2D eigenvalue weighted by Gasteiger charge is -2.28. The first-order valence-electron chi connectivity index (χ1n) is 9.12. The normalized spacial score (nSPS) is 15.8. The van der Waals surface area contributed by atoms with Crippen LogP contribution in [-0.4, -0.2) is 41.2 Å². The van der Waals surface area contributed by atoms with Gasteiger partial charge < -0.3 is 25.4 Å². The third-order valence-electron chi connectivity index (χ3n) is 5.24. The van der Waals surface area contributed by atoms with Crippen molar-refractivity contribution >= 4 is 23.6 Å². The number of rotatable bonds is 4. The number of nitrogens with two attached hydrogens (primary N) is 1. The Bertz CT molecular complexity index is 932. The molecular weight excluding hydrogens is 382 g/mol. The second-order valence-electron chi connectivity index (χ2n) is 6.98. The molecule has 0 unspecified atom stereocenters. The molecule has 0 bridgehead atoms. The highest BCUT2D eigenvalue weighted by atomic mass is 35.5. The van der Waals surface area contributed by atoms with Crippen molar-refractivity contribution in [3.63, 3.8) is 0 Å². The molecule has 2 aliphatic rings. The SMILES string of the molecule is COc1cc(Cl)c(-c2nc(N)nc3c2CN(C(=O)NC2CCC2)C3)c(OC)c1. The van der Waals surface area contributed by atoms with E-state index in [-0.39, 0.29) is 18.0 Å². The summed E-state index contributed by atoms with van der Waals surface area (Å²) < 4.78 is 10.8. The predicted octanol–water partition coefficient (Wildman–Crippen LogP) is 2.97. The molecule has 0 atom stereocenters. The van der Waals surface area contributed by atoms with Gasteiger partial charge in [0.25, 0.3) is 0 Å². The molecule has 1 aliphatic heterocycles. The molecule has 4 rings (SSSR count). The van der Waals surface area contributed by atoms with Crippen LogP contribution >= 0.6 is 11.6 Å². The van der Waals surface area contributed by atoms with Crippen molar-refractivity contribution in [2.75, 3.05) is 20.0 Å². The van der Waals surface area contributed by atoms with E-state index in [0.29, 0.717) is 40.9 Å². The van der Waals surface area contributed by atoms with Gasteiger partial charge in [0.2, 0.25) is 5.95 Å². The summed E-state index contributed by atoms with van der Waals surface area (Å²) in [5, 5.41) is 3.48. The number of nitrogen functional groups attached to an aromatic ring is 1. The number of fused-ring (bicyclic) bond motifs is 1. The molecule has 2 heterocycles. The van der Waals surface area contributed by atoms with Crippen LogP contribution in [0.4, 0.5) is 10.7 Å². The third-order valence-corrected chi connectivity index (χ3v) is 5.54. The molecule has 0 spiro atoms. The van der Waals surface area contributed by atoms with Crippen LogP contribution in [0.1, 0.15) is 30.5 Å². The fourth-order valence-electron chi connectivity index (χ4n) is 3.51. The summed E-state index contributed by atoms with van der Waals surface area (Å²) in [7, 11) is 3.11. The number of ether oxygens (including phenoxy) is 2. The molecule has 0 saturated heterocycles. The Kier molecular flexibility index (Phi) is 4.89. The van der Waals surface area contributed by atoms with Gasteiger partial charge in [0.05, 0.1) is 49.3 Å². The quantitative estimate of drug-likeness (QED) is 0.813. The van der Waals surface area contributed by atoms with Crippen LogP contribution < -0.4 is 20.5 Å². The molecule has 1 saturated carbocycles. The number of nitrogens with one attached hydrogen (secondary N) is 1. The monoisotopic (exact) mass is 403 g/mol. The maximum atomic E-state index is 12.6. The molecule has 28 heavy (non-hydrogen) atoms. The van der Waals surface area contributed by atoms with Gasteiger partial charge in [-0.3, -0.25) is 0 Å². The zero-order chi connectivity index (χ0) is 19.8. The minimum absolute atomic E-state index is 0.0972. The first-order valence-corrected chi connectivity index (χ1v) is 9.50. The highest BCUT2D eigenvalue weighted by Gasteiger charge is 2.32. The van der Waals surface area contributed by atoms with Crippen molar-refractivity contribution < 1.29 is 14.3 Å². The van der Waals surface area contributed by atoms with E-state index < -0.39 is 0 Å². The lowest BCUT2D eigenvalue weighted by molar-refractivity contribution is 0.186. The van der Waals surface area contributed by atoms with E-state index in [4.69, 9.17) is 26.8 Å². The van der Waals surface area contributed by atoms with Crippen LogP contribution in [0.15, 0.2) is 12.1 Å². The third kappa shape index (κ3) is 3.28. The number of nitrogens with zero attached hydrogens (tertiary/aromatic N) is 3. The largest absolute Gasteiger partial charge is 0.497 e. The second kappa shape index (κ2) is 7.35. The molecule has 1 aliphatic carbocycles. The zero-order valence-electron chi connectivity index (χ0n) is 15.8. The highest BCUT2D eigenvalue weighted by Crippen LogP contribution is 2.42. The Hall–Kier alpha value is -2.74. The number of hydrogen-bond donors (Lipinski definition) is 2. The summed E-state index contributed by atoms with van der Waals surface area (Å²) in [6.45, 7) is 0.763. The van der Waals surface area contributed by atoms with E-state index in [1.807, 2.05) is 0 Å². The number of halogens is 1. The van der Waals surface area contributed by atoms with Crippen molar-refractivity contribution in [3.05, 3.63) is 28.4 Å². The van der Waals surface area contributed by atoms with Crippen molar-refractivity contribution in [1.29, 1.82) is 0 Å². The highest BCUT2D eigenvalue weighted by molar-refractivity contribution is 6.33. The number of amides is 2. The molecule has 1 fully saturated rings. The van der Waals surface area contributed by atoms with Gasteiger partial charge in [-0.1, -0.05) is 11.6 Å². The van der Waals surface area contributed by atoms with E-state index >= 15 is 0 Å². The van der Waals surface area contributed by atoms with Crippen LogP contribution in [0.25, 0.3) is 11.3 Å². The summed E-state index contributed by atoms with van der Waals surface area (Å²) in [5.74, 6) is 1.22. The smallest absolute Gasteiger partial charge is 0.318 e. The van der Waals surface area contributed by atoms with Gasteiger partial charge in [-0.25, -0.2) is 14.8 Å².